The summed E-state index contributed by atoms with van der Waals surface area (Å²) in [6.45, 7) is 1.98. The summed E-state index contributed by atoms with van der Waals surface area (Å²) in [5.74, 6) is 7.04. The van der Waals surface area contributed by atoms with Crippen LogP contribution in [-0.2, 0) is 4.79 Å². The number of amides is 2. The monoisotopic (exact) mass is 300 g/mol. The average molecular weight is 300 g/mol. The molecule has 0 fully saturated rings. The lowest BCUT2D eigenvalue weighted by Crippen LogP contribution is -2.45. The van der Waals surface area contributed by atoms with Crippen molar-refractivity contribution in [2.45, 2.75) is 19.4 Å². The molecule has 22 heavy (non-hydrogen) atoms. The van der Waals surface area contributed by atoms with Gasteiger partial charge in [0.25, 0.3) is 11.8 Å². The average Bonchev–Trinajstić information content (AvgIpc) is 2.54. The SMILES string of the molecule is C#CC[C@H](NC(=O)c1ccc(OCC#CC)cc1)C(=O)NO. The minimum atomic E-state index is -1.00. The molecule has 0 aliphatic rings. The van der Waals surface area contributed by atoms with Gasteiger partial charge in [0.05, 0.1) is 0 Å². The first-order valence-electron chi connectivity index (χ1n) is 6.43. The second-order valence-corrected chi connectivity index (χ2v) is 4.15. The van der Waals surface area contributed by atoms with Gasteiger partial charge in [0.1, 0.15) is 18.4 Å². The van der Waals surface area contributed by atoms with Gasteiger partial charge in [0.2, 0.25) is 0 Å². The highest BCUT2D eigenvalue weighted by molar-refractivity contribution is 5.97. The van der Waals surface area contributed by atoms with Crippen molar-refractivity contribution >= 4 is 11.8 Å². The van der Waals surface area contributed by atoms with Crippen LogP contribution in [0.5, 0.6) is 5.75 Å². The van der Waals surface area contributed by atoms with Crippen molar-refractivity contribution in [2.24, 2.45) is 0 Å². The van der Waals surface area contributed by atoms with Gasteiger partial charge in [-0.2, -0.15) is 0 Å². The van der Waals surface area contributed by atoms with Crippen molar-refractivity contribution in [3.63, 3.8) is 0 Å². The van der Waals surface area contributed by atoms with Crippen molar-refractivity contribution in [3.05, 3.63) is 29.8 Å². The van der Waals surface area contributed by atoms with Gasteiger partial charge in [-0.05, 0) is 31.2 Å². The van der Waals surface area contributed by atoms with Gasteiger partial charge in [-0.15, -0.1) is 18.3 Å². The number of carbonyl (C=O) groups is 2. The van der Waals surface area contributed by atoms with Gasteiger partial charge in [-0.25, -0.2) is 5.48 Å². The first-order valence-corrected chi connectivity index (χ1v) is 6.43. The molecule has 0 aromatic heterocycles. The topological polar surface area (TPSA) is 87.7 Å². The van der Waals surface area contributed by atoms with E-state index in [1.54, 1.807) is 31.2 Å². The van der Waals surface area contributed by atoms with Crippen LogP contribution in [0, 0.1) is 24.2 Å². The number of benzene rings is 1. The third-order valence-corrected chi connectivity index (χ3v) is 2.66. The highest BCUT2D eigenvalue weighted by Crippen LogP contribution is 2.12. The van der Waals surface area contributed by atoms with Crippen LogP contribution < -0.4 is 15.5 Å². The van der Waals surface area contributed by atoms with Crippen LogP contribution in [0.25, 0.3) is 0 Å². The van der Waals surface area contributed by atoms with E-state index in [-0.39, 0.29) is 13.0 Å². The van der Waals surface area contributed by atoms with Crippen molar-refractivity contribution in [1.29, 1.82) is 0 Å². The van der Waals surface area contributed by atoms with Crippen LogP contribution in [0.1, 0.15) is 23.7 Å². The van der Waals surface area contributed by atoms with Gasteiger partial charge in [0, 0.05) is 12.0 Å². The predicted molar refractivity (Wildman–Crippen MR) is 80.0 cm³/mol. The molecule has 0 saturated carbocycles. The van der Waals surface area contributed by atoms with E-state index in [2.05, 4.69) is 23.1 Å². The van der Waals surface area contributed by atoms with Crippen molar-refractivity contribution in [1.82, 2.24) is 10.8 Å². The Hall–Kier alpha value is -2.96. The number of carbonyl (C=O) groups excluding carboxylic acids is 2. The summed E-state index contributed by atoms with van der Waals surface area (Å²) in [5.41, 5.74) is 1.80. The van der Waals surface area contributed by atoms with E-state index >= 15 is 0 Å². The quantitative estimate of drug-likeness (QED) is 0.410. The molecule has 3 N–H and O–H groups in total. The molecule has 0 heterocycles. The number of ether oxygens (including phenoxy) is 1. The van der Waals surface area contributed by atoms with E-state index in [9.17, 15) is 9.59 Å². The second kappa shape index (κ2) is 9.06. The normalized spacial score (nSPS) is 10.4. The molecule has 0 aliphatic heterocycles. The highest BCUT2D eigenvalue weighted by atomic mass is 16.5. The molecule has 1 rings (SSSR count). The molecule has 0 unspecified atom stereocenters. The minimum Gasteiger partial charge on any atom is -0.481 e. The van der Waals surface area contributed by atoms with Crippen molar-refractivity contribution < 1.29 is 19.5 Å². The molecule has 0 radical (unpaired) electrons. The van der Waals surface area contributed by atoms with E-state index in [1.807, 2.05) is 0 Å². The van der Waals surface area contributed by atoms with Gasteiger partial charge < -0.3 is 10.1 Å². The smallest absolute Gasteiger partial charge is 0.266 e. The van der Waals surface area contributed by atoms with Crippen LogP contribution in [0.2, 0.25) is 0 Å². The largest absolute Gasteiger partial charge is 0.481 e. The number of rotatable bonds is 6. The number of hydroxylamine groups is 1. The van der Waals surface area contributed by atoms with Crippen LogP contribution in [0.4, 0.5) is 0 Å². The Morgan fingerprint density at radius 1 is 1.36 bits per heavy atom. The van der Waals surface area contributed by atoms with E-state index in [0.29, 0.717) is 11.3 Å². The minimum absolute atomic E-state index is 0.0327. The number of hydrogen-bond donors (Lipinski definition) is 3. The fraction of sp³-hybridized carbons (Fsp3) is 0.250. The molecule has 114 valence electrons. The van der Waals surface area contributed by atoms with E-state index in [4.69, 9.17) is 16.4 Å². The van der Waals surface area contributed by atoms with Gasteiger partial charge >= 0.3 is 0 Å². The Morgan fingerprint density at radius 3 is 2.59 bits per heavy atom. The highest BCUT2D eigenvalue weighted by Gasteiger charge is 2.20. The van der Waals surface area contributed by atoms with Crippen LogP contribution in [0.3, 0.4) is 0 Å². The Morgan fingerprint density at radius 2 is 2.05 bits per heavy atom. The summed E-state index contributed by atoms with van der Waals surface area (Å²) < 4.78 is 5.33. The van der Waals surface area contributed by atoms with Crippen molar-refractivity contribution in [3.8, 4) is 29.9 Å². The molecule has 0 saturated heterocycles. The standard InChI is InChI=1S/C16H16N2O4/c1-3-5-11-22-13-9-7-12(8-10-13)15(19)17-14(6-4-2)16(20)18-21/h2,7-10,14,21H,6,11H2,1H3,(H,17,19)(H,18,20)/t14-/m0/s1. The van der Waals surface area contributed by atoms with Crippen LogP contribution >= 0.6 is 0 Å². The predicted octanol–water partition coefficient (Wildman–Crippen LogP) is 0.716. The number of hydrogen-bond acceptors (Lipinski definition) is 4. The first-order chi connectivity index (χ1) is 10.6. The Kier molecular flexibility index (Phi) is 7.04. The molecule has 1 aromatic carbocycles. The third kappa shape index (κ3) is 5.20. The molecule has 2 amide bonds. The van der Waals surface area contributed by atoms with Crippen LogP contribution in [0.15, 0.2) is 24.3 Å². The Bertz CT molecular complexity index is 620. The zero-order chi connectivity index (χ0) is 16.4. The summed E-state index contributed by atoms with van der Waals surface area (Å²) in [4.78, 5) is 23.4. The molecule has 1 aromatic rings. The fourth-order valence-electron chi connectivity index (χ4n) is 1.54. The van der Waals surface area contributed by atoms with E-state index < -0.39 is 17.9 Å². The van der Waals surface area contributed by atoms with Crippen molar-refractivity contribution in [2.75, 3.05) is 6.61 Å². The van der Waals surface area contributed by atoms with Gasteiger partial charge in [0.15, 0.2) is 0 Å². The lowest BCUT2D eigenvalue weighted by molar-refractivity contribution is -0.131. The zero-order valence-corrected chi connectivity index (χ0v) is 12.1. The maximum atomic E-state index is 12.0. The first kappa shape index (κ1) is 17.1. The molecule has 0 spiro atoms. The Labute approximate surface area is 128 Å². The number of nitrogens with one attached hydrogen (secondary N) is 2. The molecular formula is C16H16N2O4. The summed E-state index contributed by atoms with van der Waals surface area (Å²) in [5, 5.41) is 11.0. The fourth-order valence-corrected chi connectivity index (χ4v) is 1.54. The number of terminal acetylenes is 1. The third-order valence-electron chi connectivity index (χ3n) is 2.66. The summed E-state index contributed by atoms with van der Waals surface area (Å²) in [7, 11) is 0. The molecule has 1 atom stereocenters. The maximum Gasteiger partial charge on any atom is 0.266 e. The zero-order valence-electron chi connectivity index (χ0n) is 12.1. The summed E-state index contributed by atoms with van der Waals surface area (Å²) in [6.07, 6.45) is 5.09. The lowest BCUT2D eigenvalue weighted by atomic mass is 10.1. The maximum absolute atomic E-state index is 12.0. The van der Waals surface area contributed by atoms with Crippen LogP contribution in [-0.4, -0.2) is 29.7 Å². The summed E-state index contributed by atoms with van der Waals surface area (Å²) in [6, 6.07) is 5.34. The molecule has 6 nitrogen and oxygen atoms in total. The van der Waals surface area contributed by atoms with E-state index in [0.717, 1.165) is 0 Å². The van der Waals surface area contributed by atoms with E-state index in [1.165, 1.54) is 5.48 Å². The van der Waals surface area contributed by atoms with Gasteiger partial charge in [-0.3, -0.25) is 14.8 Å². The molecular weight excluding hydrogens is 284 g/mol. The Balaban J connectivity index is 2.69. The summed E-state index contributed by atoms with van der Waals surface area (Å²) >= 11 is 0. The molecule has 0 aliphatic carbocycles. The molecule has 6 heteroatoms. The second-order valence-electron chi connectivity index (χ2n) is 4.15. The van der Waals surface area contributed by atoms with Gasteiger partial charge in [-0.1, -0.05) is 5.92 Å². The molecule has 0 bridgehead atoms. The lowest BCUT2D eigenvalue weighted by Gasteiger charge is -2.14.